The van der Waals surface area contributed by atoms with Gasteiger partial charge < -0.3 is 9.47 Å². The molecule has 134 valence electrons. The zero-order valence-corrected chi connectivity index (χ0v) is 14.1. The number of ether oxygens (including phenoxy) is 2. The number of likely N-dealkylation sites (N-methyl/N-ethyl adjacent to an activating group) is 1. The Kier molecular flexibility index (Phi) is 4.71. The van der Waals surface area contributed by atoms with Crippen molar-refractivity contribution in [3.63, 3.8) is 0 Å². The largest absolute Gasteiger partial charge is 0.461 e. The summed E-state index contributed by atoms with van der Waals surface area (Å²) in [6, 6.07) is 5.60. The summed E-state index contributed by atoms with van der Waals surface area (Å²) in [5.74, 6) is -0.793. The van der Waals surface area contributed by atoms with Gasteiger partial charge in [0.15, 0.2) is 0 Å². The number of carbonyl (C=O) groups is 2. The van der Waals surface area contributed by atoms with Gasteiger partial charge in [0.1, 0.15) is 12.2 Å². The van der Waals surface area contributed by atoms with E-state index >= 15 is 0 Å². The minimum Gasteiger partial charge on any atom is -0.461 e. The lowest BCUT2D eigenvalue weighted by molar-refractivity contribution is -0.384. The predicted molar refractivity (Wildman–Crippen MR) is 87.0 cm³/mol. The average molecular weight is 348 g/mol. The zero-order valence-electron chi connectivity index (χ0n) is 14.1. The number of hydrogen-bond acceptors (Lipinski definition) is 7. The van der Waals surface area contributed by atoms with Crippen molar-refractivity contribution < 1.29 is 24.0 Å². The smallest absolute Gasteiger partial charge is 0.338 e. The Morgan fingerprint density at radius 1 is 1.16 bits per heavy atom. The molecule has 8 heteroatoms. The Labute approximate surface area is 144 Å². The number of nitro groups is 1. The number of non-ortho nitro benzene ring substituents is 1. The Bertz CT molecular complexity index is 689. The van der Waals surface area contributed by atoms with Gasteiger partial charge >= 0.3 is 11.9 Å². The maximum atomic E-state index is 12.3. The number of fused-ring (bicyclic) bond motifs is 2. The standard InChI is InChI=1S/C17H20N2O6/c1-10(20)24-16-8-13-7-14(9-15(16)18(13)2)25-17(21)11-3-5-12(6-4-11)19(22)23/h3-6,13-16H,7-9H2,1-2H3/t13?,14-,15?,16+/m1/s1. The molecule has 1 aromatic carbocycles. The third kappa shape index (κ3) is 3.63. The molecule has 8 nitrogen and oxygen atoms in total. The van der Waals surface area contributed by atoms with Gasteiger partial charge in [0.2, 0.25) is 0 Å². The lowest BCUT2D eigenvalue weighted by Crippen LogP contribution is -2.46. The van der Waals surface area contributed by atoms with Gasteiger partial charge in [0.25, 0.3) is 5.69 Å². The Morgan fingerprint density at radius 3 is 2.44 bits per heavy atom. The summed E-state index contributed by atoms with van der Waals surface area (Å²) in [5.41, 5.74) is 0.214. The molecule has 0 saturated carbocycles. The van der Waals surface area contributed by atoms with E-state index in [1.165, 1.54) is 31.2 Å². The molecule has 25 heavy (non-hydrogen) atoms. The number of benzene rings is 1. The number of piperidine rings is 1. The summed E-state index contributed by atoms with van der Waals surface area (Å²) in [6.45, 7) is 1.40. The van der Waals surface area contributed by atoms with E-state index in [0.29, 0.717) is 12.8 Å². The fourth-order valence-corrected chi connectivity index (χ4v) is 3.75. The van der Waals surface area contributed by atoms with E-state index < -0.39 is 10.9 Å². The fourth-order valence-electron chi connectivity index (χ4n) is 3.75. The van der Waals surface area contributed by atoms with E-state index in [1.807, 2.05) is 7.05 Å². The molecular formula is C17H20N2O6. The molecule has 0 amide bonds. The molecule has 0 aliphatic carbocycles. The van der Waals surface area contributed by atoms with Crippen LogP contribution in [0, 0.1) is 10.1 Å². The molecule has 2 unspecified atom stereocenters. The second-order valence-electron chi connectivity index (χ2n) is 6.57. The van der Waals surface area contributed by atoms with Gasteiger partial charge in [-0.05, 0) is 19.2 Å². The van der Waals surface area contributed by atoms with Gasteiger partial charge in [-0.3, -0.25) is 19.8 Å². The highest BCUT2D eigenvalue weighted by Crippen LogP contribution is 2.37. The Balaban J connectivity index is 1.63. The van der Waals surface area contributed by atoms with Crippen molar-refractivity contribution in [3.05, 3.63) is 39.9 Å². The van der Waals surface area contributed by atoms with Crippen molar-refractivity contribution in [2.45, 2.75) is 50.5 Å². The molecule has 0 aromatic heterocycles. The summed E-state index contributed by atoms with van der Waals surface area (Å²) >= 11 is 0. The summed E-state index contributed by atoms with van der Waals surface area (Å²) < 4.78 is 11.0. The Morgan fingerprint density at radius 2 is 1.84 bits per heavy atom. The normalized spacial score (nSPS) is 28.4. The number of nitro benzene ring substituents is 1. The van der Waals surface area contributed by atoms with Crippen LogP contribution in [0.3, 0.4) is 0 Å². The van der Waals surface area contributed by atoms with Crippen LogP contribution < -0.4 is 0 Å². The maximum Gasteiger partial charge on any atom is 0.338 e. The van der Waals surface area contributed by atoms with Crippen molar-refractivity contribution >= 4 is 17.6 Å². The second kappa shape index (κ2) is 6.79. The van der Waals surface area contributed by atoms with Crippen LogP contribution in [0.15, 0.2) is 24.3 Å². The maximum absolute atomic E-state index is 12.3. The second-order valence-corrected chi connectivity index (χ2v) is 6.57. The zero-order chi connectivity index (χ0) is 18.1. The summed E-state index contributed by atoms with van der Waals surface area (Å²) in [7, 11) is 1.99. The quantitative estimate of drug-likeness (QED) is 0.465. The lowest BCUT2D eigenvalue weighted by Gasteiger charge is -2.36. The SMILES string of the molecule is CC(=O)O[C@H]1CC2C[C@@H](OC(=O)c3ccc([N+](=O)[O-])cc3)CC1N2C. The molecule has 0 radical (unpaired) electrons. The topological polar surface area (TPSA) is 99.0 Å². The van der Waals surface area contributed by atoms with Gasteiger partial charge in [-0.2, -0.15) is 0 Å². The molecule has 1 aromatic rings. The minimum absolute atomic E-state index is 0.0392. The fraction of sp³-hybridized carbons (Fsp3) is 0.529. The van der Waals surface area contributed by atoms with E-state index in [0.717, 1.165) is 6.42 Å². The molecule has 2 fully saturated rings. The Hall–Kier alpha value is -2.48. The molecule has 2 aliphatic rings. The van der Waals surface area contributed by atoms with Gasteiger partial charge in [0.05, 0.1) is 16.5 Å². The van der Waals surface area contributed by atoms with Gasteiger partial charge in [-0.15, -0.1) is 0 Å². The van der Waals surface area contributed by atoms with Crippen molar-refractivity contribution in [1.82, 2.24) is 4.90 Å². The first kappa shape index (κ1) is 17.3. The molecule has 2 saturated heterocycles. The highest BCUT2D eigenvalue weighted by atomic mass is 16.6. The predicted octanol–water partition coefficient (Wildman–Crippen LogP) is 1.92. The number of hydrogen-bond donors (Lipinski definition) is 0. The molecule has 2 aliphatic heterocycles. The summed E-state index contributed by atoms with van der Waals surface area (Å²) in [5, 5.41) is 10.7. The van der Waals surface area contributed by atoms with Crippen molar-refractivity contribution in [1.29, 1.82) is 0 Å². The third-order valence-electron chi connectivity index (χ3n) is 4.98. The van der Waals surface area contributed by atoms with E-state index in [9.17, 15) is 19.7 Å². The highest BCUT2D eigenvalue weighted by Gasteiger charge is 2.47. The summed E-state index contributed by atoms with van der Waals surface area (Å²) in [4.78, 5) is 35.9. The number of rotatable bonds is 4. The van der Waals surface area contributed by atoms with Gasteiger partial charge in [0, 0.05) is 44.4 Å². The molecule has 3 rings (SSSR count). The molecular weight excluding hydrogens is 328 g/mol. The van der Waals surface area contributed by atoms with Crippen molar-refractivity contribution in [2.75, 3.05) is 7.05 Å². The molecule has 2 bridgehead atoms. The first-order valence-corrected chi connectivity index (χ1v) is 8.19. The third-order valence-corrected chi connectivity index (χ3v) is 4.98. The van der Waals surface area contributed by atoms with Crippen LogP contribution in [0.1, 0.15) is 36.5 Å². The van der Waals surface area contributed by atoms with Crippen LogP contribution in [0.4, 0.5) is 5.69 Å². The molecule has 0 N–H and O–H groups in total. The monoisotopic (exact) mass is 348 g/mol. The van der Waals surface area contributed by atoms with E-state index in [4.69, 9.17) is 9.47 Å². The number of nitrogens with zero attached hydrogens (tertiary/aromatic N) is 2. The number of esters is 2. The first-order chi connectivity index (χ1) is 11.8. The lowest BCUT2D eigenvalue weighted by atomic mass is 10.00. The van der Waals surface area contributed by atoms with Crippen LogP contribution in [0.25, 0.3) is 0 Å². The minimum atomic E-state index is -0.515. The highest BCUT2D eigenvalue weighted by molar-refractivity contribution is 5.89. The van der Waals surface area contributed by atoms with Gasteiger partial charge in [-0.1, -0.05) is 0 Å². The van der Waals surface area contributed by atoms with Crippen LogP contribution in [-0.2, 0) is 14.3 Å². The van der Waals surface area contributed by atoms with Crippen LogP contribution in [0.5, 0.6) is 0 Å². The molecule has 2 heterocycles. The van der Waals surface area contributed by atoms with Crippen LogP contribution in [0.2, 0.25) is 0 Å². The molecule has 4 atom stereocenters. The molecule has 0 spiro atoms. The average Bonchev–Trinajstić information content (AvgIpc) is 2.73. The van der Waals surface area contributed by atoms with Crippen molar-refractivity contribution in [2.24, 2.45) is 0 Å². The van der Waals surface area contributed by atoms with Crippen LogP contribution >= 0.6 is 0 Å². The van der Waals surface area contributed by atoms with Crippen molar-refractivity contribution in [3.8, 4) is 0 Å². The van der Waals surface area contributed by atoms with E-state index in [2.05, 4.69) is 4.90 Å². The first-order valence-electron chi connectivity index (χ1n) is 8.19. The summed E-state index contributed by atoms with van der Waals surface area (Å²) in [6.07, 6.45) is 1.60. The van der Waals surface area contributed by atoms with E-state index in [-0.39, 0.29) is 41.5 Å². The van der Waals surface area contributed by atoms with Crippen LogP contribution in [-0.4, -0.2) is 53.1 Å². The van der Waals surface area contributed by atoms with E-state index in [1.54, 1.807) is 0 Å². The number of carbonyl (C=O) groups excluding carboxylic acids is 2. The van der Waals surface area contributed by atoms with Gasteiger partial charge in [-0.25, -0.2) is 4.79 Å².